The lowest BCUT2D eigenvalue weighted by Crippen LogP contribution is -2.30. The summed E-state index contributed by atoms with van der Waals surface area (Å²) in [4.78, 5) is 23.0. The highest BCUT2D eigenvalue weighted by Gasteiger charge is 2.15. The number of aliphatic hydroxyl groups excluding tert-OH is 1. The summed E-state index contributed by atoms with van der Waals surface area (Å²) in [6.07, 6.45) is 0.394. The first-order chi connectivity index (χ1) is 12.6. The number of hydrogen-bond donors (Lipinski definition) is 2. The fourth-order valence-electron chi connectivity index (χ4n) is 2.35. The Balaban J connectivity index is 2.11. The molecule has 2 aromatic rings. The molecule has 0 aromatic heterocycles. The molecule has 0 saturated heterocycles. The van der Waals surface area contributed by atoms with E-state index < -0.39 is 12.1 Å². The lowest BCUT2D eigenvalue weighted by molar-refractivity contribution is -0.137. The van der Waals surface area contributed by atoms with Gasteiger partial charge in [0.25, 0.3) is 0 Å². The van der Waals surface area contributed by atoms with E-state index in [1.807, 2.05) is 24.3 Å². The number of aliphatic hydroxyl groups is 1. The van der Waals surface area contributed by atoms with Gasteiger partial charge in [-0.25, -0.2) is 9.59 Å². The van der Waals surface area contributed by atoms with Crippen LogP contribution in [0, 0.1) is 6.92 Å². The standard InChI is InChI=1S/C19H21NO6/c1-3-17(22)25-10-8-20-19(23)26-18-13(2)12-16(24-11-9-21)14-6-4-5-7-15(14)18/h3-7,12,21H,1,8-11H2,2H3,(H,20,23). The smallest absolute Gasteiger partial charge is 0.412 e. The monoisotopic (exact) mass is 359 g/mol. The number of hydrogen-bond acceptors (Lipinski definition) is 6. The summed E-state index contributed by atoms with van der Waals surface area (Å²) in [5, 5.41) is 13.0. The highest BCUT2D eigenvalue weighted by molar-refractivity contribution is 5.95. The fourth-order valence-corrected chi connectivity index (χ4v) is 2.35. The Kier molecular flexibility index (Phi) is 6.99. The van der Waals surface area contributed by atoms with Crippen molar-refractivity contribution >= 4 is 22.8 Å². The van der Waals surface area contributed by atoms with Gasteiger partial charge in [0, 0.05) is 16.8 Å². The SMILES string of the molecule is C=CC(=O)OCCNC(=O)Oc1c(C)cc(OCCO)c2ccccc12. The van der Waals surface area contributed by atoms with Crippen molar-refractivity contribution < 1.29 is 28.9 Å². The number of fused-ring (bicyclic) bond motifs is 1. The molecule has 2 rings (SSSR count). The van der Waals surface area contributed by atoms with E-state index in [9.17, 15) is 9.59 Å². The highest BCUT2D eigenvalue weighted by atomic mass is 16.6. The molecule has 1 amide bonds. The van der Waals surface area contributed by atoms with Gasteiger partial charge in [-0.1, -0.05) is 30.8 Å². The largest absolute Gasteiger partial charge is 0.491 e. The number of benzene rings is 2. The van der Waals surface area contributed by atoms with E-state index in [0.717, 1.165) is 11.5 Å². The van der Waals surface area contributed by atoms with Crippen LogP contribution >= 0.6 is 0 Å². The predicted molar refractivity (Wildman–Crippen MR) is 96.4 cm³/mol. The van der Waals surface area contributed by atoms with Gasteiger partial charge in [0.2, 0.25) is 0 Å². The summed E-state index contributed by atoms with van der Waals surface area (Å²) in [5.41, 5.74) is 0.713. The summed E-state index contributed by atoms with van der Waals surface area (Å²) < 4.78 is 15.8. The van der Waals surface area contributed by atoms with Gasteiger partial charge in [0.05, 0.1) is 13.2 Å². The second-order valence-electron chi connectivity index (χ2n) is 5.33. The van der Waals surface area contributed by atoms with Crippen molar-refractivity contribution in [2.45, 2.75) is 6.92 Å². The van der Waals surface area contributed by atoms with Crippen molar-refractivity contribution in [3.63, 3.8) is 0 Å². The van der Waals surface area contributed by atoms with E-state index in [2.05, 4.69) is 11.9 Å². The molecule has 0 spiro atoms. The Bertz CT molecular complexity index is 802. The van der Waals surface area contributed by atoms with Gasteiger partial charge in [-0.15, -0.1) is 0 Å². The summed E-state index contributed by atoms with van der Waals surface area (Å²) in [7, 11) is 0. The molecule has 2 aromatic carbocycles. The molecular weight excluding hydrogens is 338 g/mol. The Morgan fingerprint density at radius 1 is 1.23 bits per heavy atom. The molecule has 0 aliphatic rings. The van der Waals surface area contributed by atoms with Crippen LogP contribution in [0.2, 0.25) is 0 Å². The molecule has 138 valence electrons. The quantitative estimate of drug-likeness (QED) is 0.427. The van der Waals surface area contributed by atoms with Crippen LogP contribution in [0.5, 0.6) is 11.5 Å². The third-order valence-electron chi connectivity index (χ3n) is 3.47. The minimum Gasteiger partial charge on any atom is -0.491 e. The lowest BCUT2D eigenvalue weighted by atomic mass is 10.0. The molecule has 26 heavy (non-hydrogen) atoms. The summed E-state index contributed by atoms with van der Waals surface area (Å²) in [6.45, 7) is 5.30. The van der Waals surface area contributed by atoms with Crippen LogP contribution in [0.3, 0.4) is 0 Å². The molecule has 7 nitrogen and oxygen atoms in total. The Labute approximate surface area is 151 Å². The molecule has 0 aliphatic carbocycles. The second-order valence-corrected chi connectivity index (χ2v) is 5.33. The van der Waals surface area contributed by atoms with Crippen molar-refractivity contribution in [1.29, 1.82) is 0 Å². The topological polar surface area (TPSA) is 94.1 Å². The van der Waals surface area contributed by atoms with Crippen molar-refractivity contribution in [3.8, 4) is 11.5 Å². The zero-order valence-electron chi connectivity index (χ0n) is 14.5. The van der Waals surface area contributed by atoms with Gasteiger partial charge in [-0.05, 0) is 18.6 Å². The summed E-state index contributed by atoms with van der Waals surface area (Å²) in [6, 6.07) is 9.11. The average molecular weight is 359 g/mol. The third kappa shape index (κ3) is 4.97. The van der Waals surface area contributed by atoms with Gasteiger partial charge >= 0.3 is 12.1 Å². The first kappa shape index (κ1) is 19.3. The molecule has 0 heterocycles. The maximum absolute atomic E-state index is 12.0. The summed E-state index contributed by atoms with van der Waals surface area (Å²) >= 11 is 0. The molecule has 0 radical (unpaired) electrons. The number of nitrogens with one attached hydrogen (secondary N) is 1. The minimum absolute atomic E-state index is 0.0214. The summed E-state index contributed by atoms with van der Waals surface area (Å²) in [5.74, 6) is 0.467. The third-order valence-corrected chi connectivity index (χ3v) is 3.47. The van der Waals surface area contributed by atoms with Gasteiger partial charge in [0.1, 0.15) is 24.7 Å². The molecule has 0 fully saturated rings. The Hall–Kier alpha value is -3.06. The fraction of sp³-hybridized carbons (Fsp3) is 0.263. The first-order valence-electron chi connectivity index (χ1n) is 8.07. The van der Waals surface area contributed by atoms with Crippen LogP contribution in [-0.2, 0) is 9.53 Å². The van der Waals surface area contributed by atoms with Gasteiger partial charge < -0.3 is 24.6 Å². The highest BCUT2D eigenvalue weighted by Crippen LogP contribution is 2.36. The number of aryl methyl sites for hydroxylation is 1. The normalized spacial score (nSPS) is 10.2. The zero-order valence-corrected chi connectivity index (χ0v) is 14.5. The molecule has 2 N–H and O–H groups in total. The molecular formula is C19H21NO6. The van der Waals surface area contributed by atoms with Gasteiger partial charge in [0.15, 0.2) is 0 Å². The Morgan fingerprint density at radius 3 is 2.65 bits per heavy atom. The van der Waals surface area contributed by atoms with Crippen molar-refractivity contribution in [2.24, 2.45) is 0 Å². The van der Waals surface area contributed by atoms with E-state index in [0.29, 0.717) is 22.4 Å². The van der Waals surface area contributed by atoms with Crippen molar-refractivity contribution in [3.05, 3.63) is 48.6 Å². The second kappa shape index (κ2) is 9.43. The maximum Gasteiger partial charge on any atom is 0.412 e. The molecule has 0 bridgehead atoms. The number of esters is 1. The number of amides is 1. The van der Waals surface area contributed by atoms with Gasteiger partial charge in [-0.2, -0.15) is 0 Å². The van der Waals surface area contributed by atoms with Crippen LogP contribution in [0.15, 0.2) is 43.0 Å². The van der Waals surface area contributed by atoms with E-state index in [4.69, 9.17) is 19.3 Å². The van der Waals surface area contributed by atoms with Crippen molar-refractivity contribution in [1.82, 2.24) is 5.32 Å². The van der Waals surface area contributed by atoms with Crippen LogP contribution in [-0.4, -0.2) is 43.5 Å². The molecule has 0 unspecified atom stereocenters. The van der Waals surface area contributed by atoms with E-state index in [1.165, 1.54) is 0 Å². The predicted octanol–water partition coefficient (Wildman–Crippen LogP) is 2.34. The maximum atomic E-state index is 12.0. The molecule has 7 heteroatoms. The van der Waals surface area contributed by atoms with E-state index in [-0.39, 0.29) is 26.4 Å². The molecule has 0 aliphatic heterocycles. The molecule has 0 atom stereocenters. The van der Waals surface area contributed by atoms with E-state index in [1.54, 1.807) is 13.0 Å². The van der Waals surface area contributed by atoms with Crippen molar-refractivity contribution in [2.75, 3.05) is 26.4 Å². The number of carbonyl (C=O) groups is 2. The van der Waals surface area contributed by atoms with Crippen LogP contribution < -0.4 is 14.8 Å². The minimum atomic E-state index is -0.656. The first-order valence-corrected chi connectivity index (χ1v) is 8.07. The number of ether oxygens (including phenoxy) is 3. The van der Waals surface area contributed by atoms with E-state index >= 15 is 0 Å². The average Bonchev–Trinajstić information content (AvgIpc) is 2.65. The van der Waals surface area contributed by atoms with Crippen LogP contribution in [0.25, 0.3) is 10.8 Å². The van der Waals surface area contributed by atoms with Gasteiger partial charge in [-0.3, -0.25) is 0 Å². The van der Waals surface area contributed by atoms with Crippen LogP contribution in [0.1, 0.15) is 5.56 Å². The zero-order chi connectivity index (χ0) is 18.9. The lowest BCUT2D eigenvalue weighted by Gasteiger charge is -2.15. The number of carbonyl (C=O) groups excluding carboxylic acids is 2. The Morgan fingerprint density at radius 2 is 1.96 bits per heavy atom. The van der Waals surface area contributed by atoms with Crippen LogP contribution in [0.4, 0.5) is 4.79 Å². The molecule has 0 saturated carbocycles. The number of rotatable bonds is 8.